The van der Waals surface area contributed by atoms with Gasteiger partial charge in [0.1, 0.15) is 16.4 Å². The van der Waals surface area contributed by atoms with Gasteiger partial charge in [-0.1, -0.05) is 55.6 Å². The van der Waals surface area contributed by atoms with E-state index in [0.29, 0.717) is 70.5 Å². The fraction of sp³-hybridized carbons (Fsp3) is 0.286. The summed E-state index contributed by atoms with van der Waals surface area (Å²) < 4.78 is 77.5. The van der Waals surface area contributed by atoms with E-state index in [-0.39, 0.29) is 18.7 Å². The van der Waals surface area contributed by atoms with Crippen molar-refractivity contribution in [3.8, 4) is 11.5 Å². The normalized spacial score (nSPS) is 12.4. The highest BCUT2D eigenvalue weighted by Crippen LogP contribution is 2.44. The summed E-state index contributed by atoms with van der Waals surface area (Å²) in [6.45, 7) is 9.98. The van der Waals surface area contributed by atoms with Gasteiger partial charge >= 0.3 is 0 Å². The maximum Gasteiger partial charge on any atom is 0.295 e. The number of azide groups is 2. The maximum absolute atomic E-state index is 13.0. The van der Waals surface area contributed by atoms with Gasteiger partial charge in [-0.25, -0.2) is 0 Å². The second-order valence-electron chi connectivity index (χ2n) is 14.1. The lowest BCUT2D eigenvalue weighted by molar-refractivity contribution is 0.468. The molecule has 0 radical (unpaired) electrons. The van der Waals surface area contributed by atoms with E-state index in [1.54, 1.807) is 24.3 Å². The van der Waals surface area contributed by atoms with Crippen LogP contribution in [-0.2, 0) is 33.1 Å². The molecule has 0 saturated heterocycles. The van der Waals surface area contributed by atoms with E-state index >= 15 is 0 Å². The molecular weight excluding hydrogens is 807 g/mol. The van der Waals surface area contributed by atoms with Crippen molar-refractivity contribution in [1.29, 1.82) is 0 Å². The molecule has 310 valence electrons. The van der Waals surface area contributed by atoms with Gasteiger partial charge in [-0.2, -0.15) is 27.1 Å². The van der Waals surface area contributed by atoms with Gasteiger partial charge < -0.3 is 9.64 Å². The zero-order chi connectivity index (χ0) is 43.0. The highest BCUT2D eigenvalue weighted by molar-refractivity contribution is 7.86. The minimum Gasteiger partial charge on any atom is -0.455 e. The summed E-state index contributed by atoms with van der Waals surface area (Å²) in [5.74, 6) is 0.906. The lowest BCUT2D eigenvalue weighted by Gasteiger charge is -2.26. The number of nitrogens with zero attached hydrogens (tertiary/aromatic N) is 9. The highest BCUT2D eigenvalue weighted by Gasteiger charge is 2.30. The van der Waals surface area contributed by atoms with Gasteiger partial charge in [0, 0.05) is 74.6 Å². The smallest absolute Gasteiger partial charge is 0.295 e. The molecule has 1 aliphatic rings. The fourth-order valence-electron chi connectivity index (χ4n) is 7.24. The molecular formula is C42H43N9O7S2. The molecule has 0 unspecified atom stereocenters. The SMILES string of the molecule is C=c1c(CCCC)cc2c(c1CCCC)Oc1c(ccc3cc(/N=N/c4ccc(N(CCN=[N+]=[N-])CCN=[N+]=[N-])cc4)ccc13)C=2c1ccc(S(=O)(=O)O)cc1S(=O)(=O)O. The summed E-state index contributed by atoms with van der Waals surface area (Å²) in [5.41, 5.74) is 22.1. The zero-order valence-electron chi connectivity index (χ0n) is 33.1. The number of hydrogen-bond donors (Lipinski definition) is 2. The predicted molar refractivity (Wildman–Crippen MR) is 231 cm³/mol. The predicted octanol–water partition coefficient (Wildman–Crippen LogP) is 9.62. The minimum absolute atomic E-state index is 0.0284. The van der Waals surface area contributed by atoms with Crippen LogP contribution in [0.1, 0.15) is 61.8 Å². The summed E-state index contributed by atoms with van der Waals surface area (Å²) in [5, 5.41) is 18.9. The first-order valence-electron chi connectivity index (χ1n) is 19.3. The molecule has 5 aromatic carbocycles. The van der Waals surface area contributed by atoms with Gasteiger partial charge in [0.25, 0.3) is 20.2 Å². The highest BCUT2D eigenvalue weighted by atomic mass is 32.2. The van der Waals surface area contributed by atoms with Crippen molar-refractivity contribution in [3.63, 3.8) is 0 Å². The number of unbranched alkanes of at least 4 members (excludes halogenated alkanes) is 2. The number of fused-ring (bicyclic) bond motifs is 4. The van der Waals surface area contributed by atoms with Crippen LogP contribution in [0.25, 0.3) is 43.8 Å². The molecule has 5 aromatic rings. The Labute approximate surface area is 347 Å². The van der Waals surface area contributed by atoms with Gasteiger partial charge in [0.2, 0.25) is 0 Å². The molecule has 0 saturated carbocycles. The Balaban J connectivity index is 1.48. The second-order valence-corrected chi connectivity index (χ2v) is 16.9. The first kappa shape index (κ1) is 43.3. The molecule has 18 heteroatoms. The monoisotopic (exact) mass is 849 g/mol. The average molecular weight is 850 g/mol. The van der Waals surface area contributed by atoms with E-state index in [2.05, 4.69) is 50.7 Å². The molecule has 16 nitrogen and oxygen atoms in total. The van der Waals surface area contributed by atoms with Crippen molar-refractivity contribution >= 4 is 60.2 Å². The Morgan fingerprint density at radius 3 is 2.00 bits per heavy atom. The van der Waals surface area contributed by atoms with Crippen LogP contribution in [0, 0.1) is 0 Å². The molecule has 1 heterocycles. The van der Waals surface area contributed by atoms with Crippen LogP contribution in [0.5, 0.6) is 11.5 Å². The topological polar surface area (TPSA) is 243 Å². The molecule has 0 aromatic heterocycles. The van der Waals surface area contributed by atoms with Gasteiger partial charge in [-0.3, -0.25) is 9.11 Å². The number of hydrogen-bond acceptors (Lipinski definition) is 10. The molecule has 2 N–H and O–H groups in total. The summed E-state index contributed by atoms with van der Waals surface area (Å²) in [4.78, 5) is 6.17. The molecule has 1 aliphatic heterocycles. The van der Waals surface area contributed by atoms with Crippen molar-refractivity contribution in [1.82, 2.24) is 0 Å². The average Bonchev–Trinajstić information content (AvgIpc) is 3.22. The molecule has 0 atom stereocenters. The van der Waals surface area contributed by atoms with Crippen LogP contribution in [0.4, 0.5) is 17.1 Å². The number of aryl methyl sites for hydroxylation is 1. The first-order chi connectivity index (χ1) is 28.8. The van der Waals surface area contributed by atoms with E-state index in [1.165, 1.54) is 6.07 Å². The number of azo groups is 1. The Morgan fingerprint density at radius 2 is 1.37 bits per heavy atom. The fourth-order valence-corrected chi connectivity index (χ4v) is 8.55. The van der Waals surface area contributed by atoms with Crippen molar-refractivity contribution in [2.45, 2.75) is 62.2 Å². The van der Waals surface area contributed by atoms with Crippen molar-refractivity contribution in [3.05, 3.63) is 132 Å². The number of rotatable bonds is 18. The first-order valence-corrected chi connectivity index (χ1v) is 22.2. The quantitative estimate of drug-likeness (QED) is 0.0364. The summed E-state index contributed by atoms with van der Waals surface area (Å²) in [6, 6.07) is 21.4. The van der Waals surface area contributed by atoms with Crippen LogP contribution in [-0.4, -0.2) is 52.1 Å². The van der Waals surface area contributed by atoms with Gasteiger partial charge in [-0.05, 0) is 120 Å². The lowest BCUT2D eigenvalue weighted by Crippen LogP contribution is -2.28. The van der Waals surface area contributed by atoms with Crippen LogP contribution in [0.2, 0.25) is 0 Å². The van der Waals surface area contributed by atoms with Gasteiger partial charge in [-0.15, -0.1) is 0 Å². The molecule has 0 spiro atoms. The molecule has 60 heavy (non-hydrogen) atoms. The van der Waals surface area contributed by atoms with Crippen molar-refractivity contribution in [2.75, 3.05) is 31.1 Å². The standard InChI is InChI=1S/C42H43N9O7S2/c1-4-6-8-28-25-38-40(36-19-16-33(59(52,53)54)26-39(36)60(55,56)57)37-17-10-29-24-31(13-18-35(29)42(37)58-41(38)34(27(28)3)9-7-5-2)48-47-30-11-14-32(15-12-30)51(22-20-45-49-43)23-21-46-50-44/h10-19,24-26H,3-9,20-23H2,1-2H3,(H,52,53,54)(H,55,56,57)/b48-47+. The Hall–Kier alpha value is -6.26. The summed E-state index contributed by atoms with van der Waals surface area (Å²) >= 11 is 0. The van der Waals surface area contributed by atoms with E-state index in [4.69, 9.17) is 15.8 Å². The van der Waals surface area contributed by atoms with Gasteiger partial charge in [0.15, 0.2) is 0 Å². The molecule has 0 aliphatic carbocycles. The Bertz CT molecular complexity index is 2910. The second kappa shape index (κ2) is 18.8. The third-order valence-corrected chi connectivity index (χ3v) is 12.0. The van der Waals surface area contributed by atoms with Crippen molar-refractivity contribution < 1.29 is 30.7 Å². The zero-order valence-corrected chi connectivity index (χ0v) is 34.7. The van der Waals surface area contributed by atoms with E-state index in [9.17, 15) is 25.9 Å². The third-order valence-electron chi connectivity index (χ3n) is 10.2. The largest absolute Gasteiger partial charge is 0.455 e. The molecule has 6 rings (SSSR count). The molecule has 0 amide bonds. The van der Waals surface area contributed by atoms with Crippen LogP contribution in [0.15, 0.2) is 109 Å². The Morgan fingerprint density at radius 1 is 0.733 bits per heavy atom. The number of benzene rings is 5. The Kier molecular flexibility index (Phi) is 13.5. The number of anilines is 1. The van der Waals surface area contributed by atoms with E-state index in [0.717, 1.165) is 65.2 Å². The van der Waals surface area contributed by atoms with Gasteiger partial charge in [0.05, 0.1) is 16.3 Å². The van der Waals surface area contributed by atoms with Crippen LogP contribution >= 0.6 is 0 Å². The molecule has 0 fully saturated rings. The molecule has 0 bridgehead atoms. The lowest BCUT2D eigenvalue weighted by atomic mass is 9.87. The van der Waals surface area contributed by atoms with Crippen molar-refractivity contribution in [2.24, 2.45) is 20.5 Å². The van der Waals surface area contributed by atoms with Crippen LogP contribution < -0.4 is 20.1 Å². The van der Waals surface area contributed by atoms with E-state index in [1.807, 2.05) is 41.3 Å². The van der Waals surface area contributed by atoms with E-state index < -0.39 is 30.0 Å². The summed E-state index contributed by atoms with van der Waals surface area (Å²) in [7, 11) is -9.85. The summed E-state index contributed by atoms with van der Waals surface area (Å²) in [6.07, 6.45) is 4.88. The maximum atomic E-state index is 13.0. The van der Waals surface area contributed by atoms with Crippen LogP contribution in [0.3, 0.4) is 0 Å². The number of ether oxygens (including phenoxy) is 1. The third kappa shape index (κ3) is 9.61. The minimum atomic E-state index is -5.03.